The van der Waals surface area contributed by atoms with Crippen molar-refractivity contribution in [1.29, 1.82) is 0 Å². The third kappa shape index (κ3) is 13.6. The molecule has 4 atom stereocenters. The van der Waals surface area contributed by atoms with Crippen molar-refractivity contribution in [3.8, 4) is 0 Å². The average molecular weight is 711 g/mol. The Bertz CT molecular complexity index is 1510. The van der Waals surface area contributed by atoms with Crippen LogP contribution in [0.15, 0.2) is 65.7 Å². The number of nitrogens with one attached hydrogen (secondary N) is 4. The van der Waals surface area contributed by atoms with Crippen molar-refractivity contribution in [3.05, 3.63) is 81.9 Å². The molecule has 4 amide bonds. The molecule has 1 aliphatic rings. The number of guanidine groups is 1. The van der Waals surface area contributed by atoms with E-state index in [0.717, 1.165) is 11.1 Å². The number of nitro groups is 1. The Kier molecular flexibility index (Phi) is 16.1. The number of benzene rings is 2. The summed E-state index contributed by atoms with van der Waals surface area (Å²) in [4.78, 5) is 81.5. The second-order valence-electron chi connectivity index (χ2n) is 12.0. The van der Waals surface area contributed by atoms with Crippen LogP contribution in [0, 0.1) is 16.0 Å². The van der Waals surface area contributed by atoms with Crippen LogP contribution in [-0.2, 0) is 41.9 Å². The van der Waals surface area contributed by atoms with Gasteiger partial charge in [-0.15, -0.1) is 0 Å². The van der Waals surface area contributed by atoms with Gasteiger partial charge in [0.05, 0.1) is 0 Å². The fourth-order valence-corrected chi connectivity index (χ4v) is 5.26. The van der Waals surface area contributed by atoms with Crippen LogP contribution in [0.2, 0.25) is 0 Å². The number of esters is 1. The zero-order chi connectivity index (χ0) is 37.2. The summed E-state index contributed by atoms with van der Waals surface area (Å²) in [5, 5.41) is 17.6. The van der Waals surface area contributed by atoms with Gasteiger partial charge < -0.3 is 36.1 Å². The van der Waals surface area contributed by atoms with E-state index in [0.29, 0.717) is 19.3 Å². The first-order valence-electron chi connectivity index (χ1n) is 16.7. The molecule has 3 rings (SSSR count). The molecule has 0 saturated carbocycles. The van der Waals surface area contributed by atoms with E-state index in [1.807, 2.05) is 31.2 Å². The van der Waals surface area contributed by atoms with Gasteiger partial charge in [0.2, 0.25) is 17.7 Å². The molecule has 1 aliphatic heterocycles. The van der Waals surface area contributed by atoms with Gasteiger partial charge in [-0.2, -0.15) is 0 Å². The minimum Gasteiger partial charge on any atom is -0.459 e. The average Bonchev–Trinajstić information content (AvgIpc) is 3.63. The Morgan fingerprint density at radius 1 is 1.00 bits per heavy atom. The molecule has 51 heavy (non-hydrogen) atoms. The van der Waals surface area contributed by atoms with Crippen LogP contribution in [0.1, 0.15) is 57.1 Å². The molecule has 276 valence electrons. The summed E-state index contributed by atoms with van der Waals surface area (Å²) in [5.41, 5.74) is 8.76. The van der Waals surface area contributed by atoms with Crippen LogP contribution >= 0.6 is 0 Å². The van der Waals surface area contributed by atoms with Crippen molar-refractivity contribution in [2.45, 2.75) is 77.3 Å². The van der Waals surface area contributed by atoms with Crippen molar-refractivity contribution in [2.75, 3.05) is 19.6 Å². The number of carbonyl (C=O) groups is 5. The van der Waals surface area contributed by atoms with E-state index in [9.17, 15) is 34.1 Å². The summed E-state index contributed by atoms with van der Waals surface area (Å²) in [6.45, 7) is 3.52. The molecule has 1 fully saturated rings. The first-order chi connectivity index (χ1) is 24.5. The fraction of sp³-hybridized carbons (Fsp3) is 0.471. The zero-order valence-electron chi connectivity index (χ0n) is 28.7. The molecule has 0 bridgehead atoms. The number of hydrogen-bond donors (Lipinski definition) is 5. The number of ether oxygens (including phenoxy) is 2. The van der Waals surface area contributed by atoms with Crippen molar-refractivity contribution in [1.82, 2.24) is 26.3 Å². The van der Waals surface area contributed by atoms with E-state index < -0.39 is 65.4 Å². The maximum Gasteiger partial charge on any atom is 0.407 e. The lowest BCUT2D eigenvalue weighted by Crippen LogP contribution is -2.57. The fourth-order valence-electron chi connectivity index (χ4n) is 5.26. The minimum absolute atomic E-state index is 0.00536. The van der Waals surface area contributed by atoms with Crippen LogP contribution in [-0.4, -0.2) is 83.4 Å². The summed E-state index contributed by atoms with van der Waals surface area (Å²) in [7, 11) is 0. The highest BCUT2D eigenvalue weighted by Gasteiger charge is 2.37. The van der Waals surface area contributed by atoms with Gasteiger partial charge in [-0.25, -0.2) is 24.7 Å². The molecule has 0 spiro atoms. The van der Waals surface area contributed by atoms with Gasteiger partial charge in [0, 0.05) is 13.1 Å². The van der Waals surface area contributed by atoms with Gasteiger partial charge in [0.25, 0.3) is 5.96 Å². The summed E-state index contributed by atoms with van der Waals surface area (Å²) in [6.07, 6.45) is 0.771. The lowest BCUT2D eigenvalue weighted by Gasteiger charge is -2.28. The summed E-state index contributed by atoms with van der Waals surface area (Å²) in [5.74, 6) is -3.16. The predicted molar refractivity (Wildman–Crippen MR) is 185 cm³/mol. The van der Waals surface area contributed by atoms with Crippen LogP contribution < -0.4 is 27.1 Å². The molecule has 0 radical (unpaired) electrons. The number of rotatable bonds is 18. The van der Waals surface area contributed by atoms with Crippen LogP contribution in [0.3, 0.4) is 0 Å². The molecular weight excluding hydrogens is 664 g/mol. The number of hydrazine groups is 1. The molecule has 6 N–H and O–H groups in total. The van der Waals surface area contributed by atoms with Gasteiger partial charge in [0.15, 0.2) is 5.03 Å². The van der Waals surface area contributed by atoms with Gasteiger partial charge >= 0.3 is 12.1 Å². The first-order valence-corrected chi connectivity index (χ1v) is 16.7. The SMILES string of the molecule is CC[C@H](C)[C@H](NC(=O)[C@H](CCCN=C(N)N[N+](=O)[O-])NC(=O)[C@@H]1CCCN1C(=O)CNC(=O)OCc1ccccc1)C(=O)OCc1ccccc1. The van der Waals surface area contributed by atoms with Gasteiger partial charge in [-0.3, -0.25) is 14.4 Å². The predicted octanol–water partition coefficient (Wildman–Crippen LogP) is 1.54. The van der Waals surface area contributed by atoms with Crippen LogP contribution in [0.4, 0.5) is 4.79 Å². The zero-order valence-corrected chi connectivity index (χ0v) is 28.7. The summed E-state index contributed by atoms with van der Waals surface area (Å²) < 4.78 is 10.7. The number of amides is 4. The summed E-state index contributed by atoms with van der Waals surface area (Å²) >= 11 is 0. The molecule has 1 saturated heterocycles. The molecule has 17 heteroatoms. The smallest absolute Gasteiger partial charge is 0.407 e. The number of carbonyl (C=O) groups excluding carboxylic acids is 5. The van der Waals surface area contributed by atoms with E-state index >= 15 is 0 Å². The quantitative estimate of drug-likeness (QED) is 0.0371. The third-order valence-electron chi connectivity index (χ3n) is 8.23. The lowest BCUT2D eigenvalue weighted by atomic mass is 9.98. The Morgan fingerprint density at radius 2 is 1.63 bits per heavy atom. The highest BCUT2D eigenvalue weighted by atomic mass is 16.7. The lowest BCUT2D eigenvalue weighted by molar-refractivity contribution is -0.525. The maximum atomic E-state index is 13.7. The molecule has 0 unspecified atom stereocenters. The Labute approximate surface area is 295 Å². The molecule has 2 aromatic carbocycles. The number of hydrogen-bond acceptors (Lipinski definition) is 10. The van der Waals surface area contributed by atoms with Crippen LogP contribution in [0.5, 0.6) is 0 Å². The number of nitrogens with two attached hydrogens (primary N) is 1. The minimum atomic E-state index is -1.17. The second-order valence-corrected chi connectivity index (χ2v) is 12.0. The highest BCUT2D eigenvalue weighted by molar-refractivity contribution is 5.94. The van der Waals surface area contributed by atoms with E-state index in [1.165, 1.54) is 4.90 Å². The third-order valence-corrected chi connectivity index (χ3v) is 8.23. The number of likely N-dealkylation sites (tertiary alicyclic amines) is 1. The normalized spacial score (nSPS) is 15.8. The van der Waals surface area contributed by atoms with Crippen molar-refractivity contribution in [3.63, 3.8) is 0 Å². The summed E-state index contributed by atoms with van der Waals surface area (Å²) in [6, 6.07) is 15.0. The Hall–Kier alpha value is -5.74. The molecule has 0 aromatic heterocycles. The van der Waals surface area contributed by atoms with E-state index in [4.69, 9.17) is 15.2 Å². The monoisotopic (exact) mass is 710 g/mol. The van der Waals surface area contributed by atoms with Crippen molar-refractivity contribution < 1.29 is 38.5 Å². The first kappa shape index (κ1) is 39.7. The molecule has 1 heterocycles. The van der Waals surface area contributed by atoms with E-state index in [2.05, 4.69) is 20.9 Å². The van der Waals surface area contributed by atoms with Gasteiger partial charge in [-0.05, 0) is 42.7 Å². The molecule has 2 aromatic rings. The topological polar surface area (TPSA) is 237 Å². The number of aliphatic imine (C=N–C) groups is 1. The number of nitrogens with zero attached hydrogens (tertiary/aromatic N) is 3. The second kappa shape index (κ2) is 20.7. The standard InChI is InChI=1S/C34H46N8O9/c1-3-23(2)29(32(46)50-21-24-12-6-4-7-13-24)39-30(44)26(16-10-18-36-33(35)40-42(48)49)38-31(45)27-17-11-19-41(27)28(43)20-37-34(47)51-22-25-14-8-5-9-15-25/h4-9,12-15,23,26-27,29H,3,10-11,16-22H2,1-2H3,(H,37,47)(H,38,45)(H,39,44)(H3,35,36,40)/t23-,26-,27-,29-/m0/s1. The molecule has 17 nitrogen and oxygen atoms in total. The molecule has 0 aliphatic carbocycles. The largest absolute Gasteiger partial charge is 0.459 e. The number of alkyl carbamates (subject to hydrolysis) is 1. The van der Waals surface area contributed by atoms with E-state index in [1.54, 1.807) is 48.7 Å². The van der Waals surface area contributed by atoms with Gasteiger partial charge in [0.1, 0.15) is 37.9 Å². The molecular formula is C34H46N8O9. The Balaban J connectivity index is 1.66. The maximum absolute atomic E-state index is 13.7. The van der Waals surface area contributed by atoms with E-state index in [-0.39, 0.29) is 45.1 Å². The van der Waals surface area contributed by atoms with Crippen molar-refractivity contribution in [2.24, 2.45) is 16.6 Å². The van der Waals surface area contributed by atoms with Crippen LogP contribution in [0.25, 0.3) is 0 Å². The van der Waals surface area contributed by atoms with Crippen molar-refractivity contribution >= 4 is 35.7 Å². The highest BCUT2D eigenvalue weighted by Crippen LogP contribution is 2.19. The Morgan fingerprint density at radius 3 is 2.24 bits per heavy atom. The van der Waals surface area contributed by atoms with Gasteiger partial charge in [-0.1, -0.05) is 86.4 Å².